The van der Waals surface area contributed by atoms with Crippen LogP contribution in [0.4, 0.5) is 0 Å². The smallest absolute Gasteiger partial charge is 0.243 e. The van der Waals surface area contributed by atoms with Crippen molar-refractivity contribution in [2.45, 2.75) is 44.7 Å². The molecule has 132 valence electrons. The highest BCUT2D eigenvalue weighted by molar-refractivity contribution is 5.95. The summed E-state index contributed by atoms with van der Waals surface area (Å²) in [5.41, 5.74) is 0.872. The summed E-state index contributed by atoms with van der Waals surface area (Å²) < 4.78 is 2.05. The maximum Gasteiger partial charge on any atom is 0.243 e. The third-order valence-corrected chi connectivity index (χ3v) is 5.01. The molecule has 0 aliphatic carbocycles. The Morgan fingerprint density at radius 2 is 2.20 bits per heavy atom. The van der Waals surface area contributed by atoms with Gasteiger partial charge in [-0.25, -0.2) is 9.97 Å². The minimum absolute atomic E-state index is 0.0165. The molecule has 0 bridgehead atoms. The van der Waals surface area contributed by atoms with Gasteiger partial charge in [-0.15, -0.1) is 0 Å². The second-order valence-electron chi connectivity index (χ2n) is 6.67. The number of hydrogen-bond acceptors (Lipinski definition) is 4. The molecule has 2 N–H and O–H groups in total. The Morgan fingerprint density at radius 1 is 1.32 bits per heavy atom. The fraction of sp³-hybridized carbons (Fsp3) is 0.529. The van der Waals surface area contributed by atoms with Gasteiger partial charge in [0.05, 0.1) is 18.8 Å². The molecule has 2 amide bonds. The predicted molar refractivity (Wildman–Crippen MR) is 90.6 cm³/mol. The molecule has 4 rings (SSSR count). The van der Waals surface area contributed by atoms with Crippen molar-refractivity contribution in [1.82, 2.24) is 29.7 Å². The summed E-state index contributed by atoms with van der Waals surface area (Å²) in [6.45, 7) is 2.79. The maximum absolute atomic E-state index is 12.1. The topological polar surface area (TPSA) is 95.9 Å². The largest absolute Gasteiger partial charge is 0.345 e. The second-order valence-corrected chi connectivity index (χ2v) is 6.67. The van der Waals surface area contributed by atoms with Gasteiger partial charge in [0.1, 0.15) is 17.6 Å². The van der Waals surface area contributed by atoms with Gasteiger partial charge in [-0.05, 0) is 12.8 Å². The van der Waals surface area contributed by atoms with E-state index >= 15 is 0 Å². The van der Waals surface area contributed by atoms with Gasteiger partial charge < -0.3 is 19.8 Å². The van der Waals surface area contributed by atoms with Crippen molar-refractivity contribution in [2.24, 2.45) is 0 Å². The van der Waals surface area contributed by atoms with Crippen LogP contribution in [0.1, 0.15) is 38.1 Å². The fourth-order valence-corrected chi connectivity index (χ4v) is 3.69. The van der Waals surface area contributed by atoms with Crippen LogP contribution in [0.5, 0.6) is 0 Å². The van der Waals surface area contributed by atoms with E-state index in [9.17, 15) is 9.59 Å². The number of carbonyl (C=O) groups is 2. The highest BCUT2D eigenvalue weighted by atomic mass is 16.2. The van der Waals surface area contributed by atoms with Crippen LogP contribution < -0.4 is 5.32 Å². The molecule has 2 aromatic rings. The van der Waals surface area contributed by atoms with Gasteiger partial charge in [0.15, 0.2) is 5.82 Å². The SMILES string of the molecule is CCCCc1ncc(-c2nccn2[C@H]2C[C@H]3C(=O)NCC(=O)N3C2)[nH]1. The summed E-state index contributed by atoms with van der Waals surface area (Å²) in [6, 6.07) is -0.332. The zero-order chi connectivity index (χ0) is 17.4. The van der Waals surface area contributed by atoms with Crippen LogP contribution in [-0.2, 0) is 16.0 Å². The maximum atomic E-state index is 12.1. The summed E-state index contributed by atoms with van der Waals surface area (Å²) >= 11 is 0. The van der Waals surface area contributed by atoms with E-state index in [4.69, 9.17) is 0 Å². The Balaban J connectivity index is 1.57. The minimum Gasteiger partial charge on any atom is -0.345 e. The van der Waals surface area contributed by atoms with E-state index in [0.29, 0.717) is 13.0 Å². The number of unbranched alkanes of at least 4 members (excludes halogenated alkanes) is 1. The van der Waals surface area contributed by atoms with Crippen LogP contribution in [-0.4, -0.2) is 55.4 Å². The average molecular weight is 342 g/mol. The Morgan fingerprint density at radius 3 is 3.00 bits per heavy atom. The van der Waals surface area contributed by atoms with Crippen LogP contribution in [0.25, 0.3) is 11.5 Å². The van der Waals surface area contributed by atoms with Crippen LogP contribution in [0.3, 0.4) is 0 Å². The van der Waals surface area contributed by atoms with Gasteiger partial charge in [-0.1, -0.05) is 13.3 Å². The van der Waals surface area contributed by atoms with E-state index < -0.39 is 0 Å². The molecular formula is C17H22N6O2. The highest BCUT2D eigenvalue weighted by Gasteiger charge is 2.43. The van der Waals surface area contributed by atoms with Gasteiger partial charge in [-0.2, -0.15) is 0 Å². The summed E-state index contributed by atoms with van der Waals surface area (Å²) in [5, 5.41) is 2.67. The van der Waals surface area contributed by atoms with E-state index in [1.807, 2.05) is 12.4 Å². The van der Waals surface area contributed by atoms with E-state index in [1.54, 1.807) is 11.1 Å². The quantitative estimate of drug-likeness (QED) is 0.843. The monoisotopic (exact) mass is 342 g/mol. The number of carbonyl (C=O) groups excluding carboxylic acids is 2. The van der Waals surface area contributed by atoms with Crippen LogP contribution in [0, 0.1) is 0 Å². The lowest BCUT2D eigenvalue weighted by molar-refractivity contribution is -0.143. The zero-order valence-electron chi connectivity index (χ0n) is 14.2. The van der Waals surface area contributed by atoms with Gasteiger partial charge in [-0.3, -0.25) is 9.59 Å². The van der Waals surface area contributed by atoms with Crippen molar-refractivity contribution >= 4 is 11.8 Å². The molecule has 8 nitrogen and oxygen atoms in total. The van der Waals surface area contributed by atoms with Gasteiger partial charge in [0.25, 0.3) is 0 Å². The standard InChI is InChI=1S/C17H22N6O2/c1-2-3-4-14-19-8-12(21-14)16-18-5-6-22(16)11-7-13-17(25)20-9-15(24)23(13)10-11/h5-6,8,11,13H,2-4,7,9-10H2,1H3,(H,19,21)(H,20,25)/t11-,13-/m0/s1. The van der Waals surface area contributed by atoms with E-state index in [0.717, 1.165) is 36.6 Å². The third kappa shape index (κ3) is 2.81. The molecular weight excluding hydrogens is 320 g/mol. The summed E-state index contributed by atoms with van der Waals surface area (Å²) in [4.78, 5) is 38.0. The summed E-state index contributed by atoms with van der Waals surface area (Å²) in [7, 11) is 0. The van der Waals surface area contributed by atoms with Crippen molar-refractivity contribution < 1.29 is 9.59 Å². The first-order valence-corrected chi connectivity index (χ1v) is 8.81. The lowest BCUT2D eigenvalue weighted by Gasteiger charge is -2.28. The molecule has 2 aromatic heterocycles. The van der Waals surface area contributed by atoms with Crippen molar-refractivity contribution in [3.05, 3.63) is 24.4 Å². The number of nitrogens with zero attached hydrogens (tertiary/aromatic N) is 4. The lowest BCUT2D eigenvalue weighted by atomic mass is 10.1. The summed E-state index contributed by atoms with van der Waals surface area (Å²) in [5.74, 6) is 1.68. The Hall–Kier alpha value is -2.64. The third-order valence-electron chi connectivity index (χ3n) is 5.01. The average Bonchev–Trinajstić information content (AvgIpc) is 3.34. The minimum atomic E-state index is -0.372. The van der Waals surface area contributed by atoms with Crippen molar-refractivity contribution in [3.8, 4) is 11.5 Å². The van der Waals surface area contributed by atoms with E-state index in [-0.39, 0.29) is 30.4 Å². The fourth-order valence-electron chi connectivity index (χ4n) is 3.69. The molecule has 25 heavy (non-hydrogen) atoms. The molecule has 2 atom stereocenters. The van der Waals surface area contributed by atoms with Crippen LogP contribution in [0.2, 0.25) is 0 Å². The van der Waals surface area contributed by atoms with Gasteiger partial charge in [0.2, 0.25) is 11.8 Å². The highest BCUT2D eigenvalue weighted by Crippen LogP contribution is 2.32. The van der Waals surface area contributed by atoms with Crippen molar-refractivity contribution in [2.75, 3.05) is 13.1 Å². The Kier molecular flexibility index (Phi) is 4.03. The first kappa shape index (κ1) is 15.9. The molecule has 4 heterocycles. The number of hydrogen-bond donors (Lipinski definition) is 2. The van der Waals surface area contributed by atoms with Crippen molar-refractivity contribution in [1.29, 1.82) is 0 Å². The number of aromatic amines is 1. The van der Waals surface area contributed by atoms with Crippen LogP contribution >= 0.6 is 0 Å². The molecule has 2 saturated heterocycles. The predicted octanol–water partition coefficient (Wildman–Crippen LogP) is 0.888. The number of aryl methyl sites for hydroxylation is 1. The van der Waals surface area contributed by atoms with Crippen LogP contribution in [0.15, 0.2) is 18.6 Å². The van der Waals surface area contributed by atoms with Gasteiger partial charge >= 0.3 is 0 Å². The molecule has 2 fully saturated rings. The second kappa shape index (κ2) is 6.34. The van der Waals surface area contributed by atoms with E-state index in [1.165, 1.54) is 0 Å². The number of H-pyrrole nitrogens is 1. The number of imidazole rings is 2. The Labute approximate surface area is 145 Å². The van der Waals surface area contributed by atoms with E-state index in [2.05, 4.69) is 31.8 Å². The number of fused-ring (bicyclic) bond motifs is 1. The molecule has 0 saturated carbocycles. The number of nitrogens with one attached hydrogen (secondary N) is 2. The molecule has 2 aliphatic heterocycles. The lowest BCUT2D eigenvalue weighted by Crippen LogP contribution is -2.55. The molecule has 0 aromatic carbocycles. The summed E-state index contributed by atoms with van der Waals surface area (Å²) in [6.07, 6.45) is 9.22. The first-order valence-electron chi connectivity index (χ1n) is 8.81. The molecule has 0 radical (unpaired) electrons. The molecule has 8 heteroatoms. The van der Waals surface area contributed by atoms with Gasteiger partial charge in [0, 0.05) is 25.4 Å². The zero-order valence-corrected chi connectivity index (χ0v) is 14.2. The molecule has 2 aliphatic rings. The van der Waals surface area contributed by atoms with Crippen molar-refractivity contribution in [3.63, 3.8) is 0 Å². The normalized spacial score (nSPS) is 23.0. The first-order chi connectivity index (χ1) is 12.2. The Bertz CT molecular complexity index is 771. The number of amides is 2. The molecule has 0 spiro atoms. The number of aromatic nitrogens is 4. The number of rotatable bonds is 5. The number of piperazine rings is 1. The molecule has 0 unspecified atom stereocenters.